The van der Waals surface area contributed by atoms with Crippen LogP contribution in [-0.2, 0) is 16.1 Å². The molecular formula is C27H25FN2O6. The number of methoxy groups -OCH3 is 2. The van der Waals surface area contributed by atoms with Crippen molar-refractivity contribution in [3.63, 3.8) is 0 Å². The van der Waals surface area contributed by atoms with E-state index in [0.717, 1.165) is 0 Å². The van der Waals surface area contributed by atoms with Crippen LogP contribution in [0.3, 0.4) is 0 Å². The third-order valence-corrected chi connectivity index (χ3v) is 7.26. The molecular weight excluding hydrogens is 467 g/mol. The molecule has 1 amide bonds. The Morgan fingerprint density at radius 1 is 1.06 bits per heavy atom. The van der Waals surface area contributed by atoms with E-state index in [-0.39, 0.29) is 17.7 Å². The Morgan fingerprint density at radius 3 is 2.42 bits per heavy atom. The van der Waals surface area contributed by atoms with Gasteiger partial charge in [0.1, 0.15) is 11.6 Å². The molecule has 2 aromatic carbocycles. The van der Waals surface area contributed by atoms with Crippen molar-refractivity contribution in [2.45, 2.75) is 18.6 Å². The summed E-state index contributed by atoms with van der Waals surface area (Å²) < 4.78 is 26.3. The van der Waals surface area contributed by atoms with Crippen LogP contribution < -0.4 is 10.3 Å². The summed E-state index contributed by atoms with van der Waals surface area (Å²) >= 11 is 0. The Bertz CT molecular complexity index is 1390. The Morgan fingerprint density at radius 2 is 1.78 bits per heavy atom. The molecule has 9 heteroatoms. The molecule has 2 aliphatic rings. The van der Waals surface area contributed by atoms with E-state index in [1.54, 1.807) is 54.1 Å². The second-order valence-corrected chi connectivity index (χ2v) is 8.92. The summed E-state index contributed by atoms with van der Waals surface area (Å²) in [5, 5.41) is 10.3. The number of rotatable bonds is 5. The maximum Gasteiger partial charge on any atom is 0.311 e. The first kappa shape index (κ1) is 23.7. The molecule has 36 heavy (non-hydrogen) atoms. The third kappa shape index (κ3) is 3.58. The summed E-state index contributed by atoms with van der Waals surface area (Å²) in [6.07, 6.45) is 0. The van der Waals surface area contributed by atoms with Gasteiger partial charge in [0, 0.05) is 30.3 Å². The number of amides is 1. The summed E-state index contributed by atoms with van der Waals surface area (Å²) in [7, 11) is 2.80. The average Bonchev–Trinajstić information content (AvgIpc) is 3.15. The molecule has 1 fully saturated rings. The van der Waals surface area contributed by atoms with E-state index in [1.165, 1.54) is 30.2 Å². The summed E-state index contributed by atoms with van der Waals surface area (Å²) in [5.41, 5.74) is 1.15. The number of pyridine rings is 1. The average molecular weight is 493 g/mol. The number of esters is 1. The highest BCUT2D eigenvalue weighted by molar-refractivity contribution is 5.96. The van der Waals surface area contributed by atoms with Crippen molar-refractivity contribution in [2.24, 2.45) is 11.8 Å². The number of hydrogen-bond acceptors (Lipinski definition) is 6. The zero-order valence-electron chi connectivity index (χ0n) is 19.8. The lowest BCUT2D eigenvalue weighted by Gasteiger charge is -2.38. The van der Waals surface area contributed by atoms with Crippen LogP contribution in [0.25, 0.3) is 11.1 Å². The molecule has 0 radical (unpaired) electrons. The van der Waals surface area contributed by atoms with E-state index < -0.39 is 48.2 Å². The smallest absolute Gasteiger partial charge is 0.311 e. The van der Waals surface area contributed by atoms with E-state index in [2.05, 4.69) is 0 Å². The predicted octanol–water partition coefficient (Wildman–Crippen LogP) is 2.64. The van der Waals surface area contributed by atoms with Crippen LogP contribution >= 0.6 is 0 Å². The molecule has 0 unspecified atom stereocenters. The monoisotopic (exact) mass is 492 g/mol. The topological polar surface area (TPSA) is 98.1 Å². The number of aliphatic hydroxyl groups is 1. The van der Waals surface area contributed by atoms with Gasteiger partial charge in [-0.25, -0.2) is 4.39 Å². The Labute approximate surface area is 206 Å². The number of carbonyl (C=O) groups is 2. The maximum atomic E-state index is 14.6. The predicted molar refractivity (Wildman–Crippen MR) is 128 cm³/mol. The van der Waals surface area contributed by atoms with Gasteiger partial charge in [-0.15, -0.1) is 0 Å². The van der Waals surface area contributed by atoms with Crippen LogP contribution in [0.4, 0.5) is 4.39 Å². The molecule has 1 saturated heterocycles. The van der Waals surface area contributed by atoms with Crippen LogP contribution in [0.2, 0.25) is 0 Å². The van der Waals surface area contributed by atoms with Crippen molar-refractivity contribution in [1.29, 1.82) is 0 Å². The highest BCUT2D eigenvalue weighted by Crippen LogP contribution is 2.49. The maximum absolute atomic E-state index is 14.6. The molecule has 0 saturated carbocycles. The number of fused-ring (bicyclic) bond motifs is 4. The minimum absolute atomic E-state index is 0.0492. The normalized spacial score (nSPS) is 22.2. The summed E-state index contributed by atoms with van der Waals surface area (Å²) in [6, 6.07) is 14.4. The first-order chi connectivity index (χ1) is 17.4. The third-order valence-electron chi connectivity index (χ3n) is 7.26. The van der Waals surface area contributed by atoms with Crippen LogP contribution in [0.15, 0.2) is 65.5 Å². The molecule has 0 aliphatic carbocycles. The van der Waals surface area contributed by atoms with Crippen LogP contribution in [-0.4, -0.2) is 53.3 Å². The zero-order chi connectivity index (χ0) is 25.6. The van der Waals surface area contributed by atoms with Crippen molar-refractivity contribution in [2.75, 3.05) is 20.8 Å². The van der Waals surface area contributed by atoms with Crippen molar-refractivity contribution in [3.8, 4) is 16.9 Å². The number of benzene rings is 2. The minimum atomic E-state index is -0.916. The molecule has 3 aromatic rings. The second kappa shape index (κ2) is 9.23. The number of halogens is 1. The highest BCUT2D eigenvalue weighted by Gasteiger charge is 2.58. The van der Waals surface area contributed by atoms with Gasteiger partial charge in [-0.1, -0.05) is 24.3 Å². The van der Waals surface area contributed by atoms with Gasteiger partial charge < -0.3 is 24.0 Å². The standard InChI is InChI=1S/C27H25FN2O6/c1-35-16-9-7-15(8-10-16)17-11-12-21-24-23(27(34)36-2)19(14-31)22(13-29(21)25(17)32)30(24)26(33)18-5-3-4-6-20(18)28/h3-12,19,22-24,31H,13-14H2,1-2H3/t19-,22-,23+,24+/m1/s1. The number of ether oxygens (including phenoxy) is 2. The molecule has 8 nitrogen and oxygen atoms in total. The van der Waals surface area contributed by atoms with Gasteiger partial charge in [0.25, 0.3) is 11.5 Å². The van der Waals surface area contributed by atoms with E-state index in [4.69, 9.17) is 9.47 Å². The van der Waals surface area contributed by atoms with Crippen molar-refractivity contribution < 1.29 is 28.6 Å². The molecule has 1 aromatic heterocycles. The molecule has 5 rings (SSSR count). The zero-order valence-corrected chi connectivity index (χ0v) is 19.8. The van der Waals surface area contributed by atoms with Gasteiger partial charge in [-0.2, -0.15) is 0 Å². The van der Waals surface area contributed by atoms with E-state index >= 15 is 0 Å². The highest BCUT2D eigenvalue weighted by atomic mass is 19.1. The van der Waals surface area contributed by atoms with Crippen LogP contribution in [0.5, 0.6) is 5.75 Å². The molecule has 186 valence electrons. The lowest BCUT2D eigenvalue weighted by Crippen LogP contribution is -2.49. The lowest BCUT2D eigenvalue weighted by atomic mass is 9.87. The fraction of sp³-hybridized carbons (Fsp3) is 0.296. The van der Waals surface area contributed by atoms with E-state index in [0.29, 0.717) is 22.6 Å². The van der Waals surface area contributed by atoms with Gasteiger partial charge in [0.2, 0.25) is 0 Å². The van der Waals surface area contributed by atoms with E-state index in [9.17, 15) is 23.9 Å². The largest absolute Gasteiger partial charge is 0.497 e. The quantitative estimate of drug-likeness (QED) is 0.550. The Kier molecular flexibility index (Phi) is 6.09. The SMILES string of the molecule is COC(=O)[C@H]1[C@H](CO)[C@H]2Cn3c(ccc(-c4ccc(OC)cc4)c3=O)[C@@H]1N2C(=O)c1ccccc1F. The van der Waals surface area contributed by atoms with Gasteiger partial charge in [0.15, 0.2) is 0 Å². The van der Waals surface area contributed by atoms with Gasteiger partial charge >= 0.3 is 5.97 Å². The van der Waals surface area contributed by atoms with E-state index in [1.807, 2.05) is 0 Å². The number of carbonyl (C=O) groups excluding carboxylic acids is 2. The summed E-state index contributed by atoms with van der Waals surface area (Å²) in [5.74, 6) is -2.85. The van der Waals surface area contributed by atoms with Gasteiger partial charge in [0.05, 0.1) is 37.8 Å². The van der Waals surface area contributed by atoms with Gasteiger partial charge in [-0.05, 0) is 42.0 Å². The van der Waals surface area contributed by atoms with Crippen molar-refractivity contribution in [1.82, 2.24) is 9.47 Å². The summed E-state index contributed by atoms with van der Waals surface area (Å²) in [6.45, 7) is -0.358. The minimum Gasteiger partial charge on any atom is -0.497 e. The van der Waals surface area contributed by atoms with Crippen LogP contribution in [0, 0.1) is 17.7 Å². The molecule has 1 N–H and O–H groups in total. The molecule has 3 heterocycles. The van der Waals surface area contributed by atoms with Crippen molar-refractivity contribution in [3.05, 3.63) is 88.1 Å². The number of aromatic nitrogens is 1. The second-order valence-electron chi connectivity index (χ2n) is 8.92. The fourth-order valence-corrected chi connectivity index (χ4v) is 5.55. The number of hydrogen-bond donors (Lipinski definition) is 1. The first-order valence-corrected chi connectivity index (χ1v) is 11.5. The summed E-state index contributed by atoms with van der Waals surface area (Å²) in [4.78, 5) is 41.5. The first-order valence-electron chi connectivity index (χ1n) is 11.5. The number of nitrogens with zero attached hydrogens (tertiary/aromatic N) is 2. The number of aliphatic hydroxyl groups excluding tert-OH is 1. The molecule has 2 bridgehead atoms. The van der Waals surface area contributed by atoms with Crippen LogP contribution in [0.1, 0.15) is 22.1 Å². The lowest BCUT2D eigenvalue weighted by molar-refractivity contribution is -0.148. The molecule has 0 spiro atoms. The molecule has 4 atom stereocenters. The molecule has 2 aliphatic heterocycles. The van der Waals surface area contributed by atoms with Gasteiger partial charge in [-0.3, -0.25) is 14.4 Å². The van der Waals surface area contributed by atoms with Crippen molar-refractivity contribution >= 4 is 11.9 Å². The Balaban J connectivity index is 1.66. The fourth-order valence-electron chi connectivity index (χ4n) is 5.55. The Hall–Kier alpha value is -3.98.